The number of amides is 1. The van der Waals surface area contributed by atoms with E-state index in [1.54, 1.807) is 11.3 Å². The Balaban J connectivity index is 1.67. The van der Waals surface area contributed by atoms with Crippen molar-refractivity contribution in [1.82, 2.24) is 15.5 Å². The van der Waals surface area contributed by atoms with Crippen molar-refractivity contribution < 1.29 is 4.79 Å². The molecule has 1 saturated heterocycles. The van der Waals surface area contributed by atoms with Crippen LogP contribution in [0, 0.1) is 5.92 Å². The summed E-state index contributed by atoms with van der Waals surface area (Å²) in [6, 6.07) is 4.21. The minimum Gasteiger partial charge on any atom is -0.348 e. The molecule has 1 atom stereocenters. The lowest BCUT2D eigenvalue weighted by Gasteiger charge is -2.31. The van der Waals surface area contributed by atoms with Crippen LogP contribution >= 0.6 is 11.3 Å². The van der Waals surface area contributed by atoms with Crippen LogP contribution in [0.3, 0.4) is 0 Å². The normalized spacial score (nSPS) is 18.6. The summed E-state index contributed by atoms with van der Waals surface area (Å²) in [4.78, 5) is 15.6. The van der Waals surface area contributed by atoms with E-state index in [0.29, 0.717) is 6.54 Å². The van der Waals surface area contributed by atoms with Gasteiger partial charge in [-0.05, 0) is 63.3 Å². The molecule has 1 aliphatic rings. The van der Waals surface area contributed by atoms with E-state index >= 15 is 0 Å². The van der Waals surface area contributed by atoms with Crippen LogP contribution in [0.1, 0.15) is 37.6 Å². The van der Waals surface area contributed by atoms with Crippen molar-refractivity contribution in [2.75, 3.05) is 32.7 Å². The molecule has 118 valence electrons. The lowest BCUT2D eigenvalue weighted by atomic mass is 9.97. The molecule has 0 aromatic carbocycles. The topological polar surface area (TPSA) is 44.4 Å². The number of carbonyl (C=O) groups is 1. The first-order chi connectivity index (χ1) is 10.2. The molecule has 1 aliphatic heterocycles. The van der Waals surface area contributed by atoms with Gasteiger partial charge < -0.3 is 10.6 Å². The van der Waals surface area contributed by atoms with Gasteiger partial charge in [-0.2, -0.15) is 0 Å². The minimum absolute atomic E-state index is 0.115. The van der Waals surface area contributed by atoms with E-state index in [0.717, 1.165) is 32.1 Å². The number of rotatable bonds is 7. The highest BCUT2D eigenvalue weighted by molar-refractivity contribution is 7.10. The second-order valence-corrected chi connectivity index (χ2v) is 6.81. The van der Waals surface area contributed by atoms with Crippen molar-refractivity contribution in [2.45, 2.75) is 32.7 Å². The number of carbonyl (C=O) groups excluding carboxylic acids is 1. The molecule has 0 bridgehead atoms. The number of piperidine rings is 1. The van der Waals surface area contributed by atoms with Gasteiger partial charge in [0.1, 0.15) is 0 Å². The molecule has 0 radical (unpaired) electrons. The van der Waals surface area contributed by atoms with E-state index in [2.05, 4.69) is 28.5 Å². The minimum atomic E-state index is 0.115. The zero-order chi connectivity index (χ0) is 15.1. The van der Waals surface area contributed by atoms with Gasteiger partial charge in [-0.1, -0.05) is 13.0 Å². The Morgan fingerprint density at radius 3 is 2.86 bits per heavy atom. The van der Waals surface area contributed by atoms with Crippen molar-refractivity contribution in [2.24, 2.45) is 5.92 Å². The summed E-state index contributed by atoms with van der Waals surface area (Å²) in [6.45, 7) is 8.97. The molecule has 0 saturated carbocycles. The zero-order valence-corrected chi connectivity index (χ0v) is 13.9. The largest absolute Gasteiger partial charge is 0.348 e. The first kappa shape index (κ1) is 16.5. The monoisotopic (exact) mass is 309 g/mol. The lowest BCUT2D eigenvalue weighted by molar-refractivity contribution is -0.123. The van der Waals surface area contributed by atoms with Crippen molar-refractivity contribution in [1.29, 1.82) is 0 Å². The van der Waals surface area contributed by atoms with Gasteiger partial charge in [-0.25, -0.2) is 0 Å². The molecule has 2 N–H and O–H groups in total. The van der Waals surface area contributed by atoms with Crippen molar-refractivity contribution in [3.8, 4) is 0 Å². The fourth-order valence-electron chi connectivity index (χ4n) is 2.80. The third-order valence-corrected chi connectivity index (χ3v) is 5.16. The predicted octanol–water partition coefficient (Wildman–Crippen LogP) is 2.25. The van der Waals surface area contributed by atoms with Crippen molar-refractivity contribution >= 4 is 17.2 Å². The maximum atomic E-state index is 12.1. The Morgan fingerprint density at radius 1 is 1.48 bits per heavy atom. The number of hydrogen-bond acceptors (Lipinski definition) is 4. The Bertz CT molecular complexity index is 413. The van der Waals surface area contributed by atoms with Gasteiger partial charge in [0.15, 0.2) is 0 Å². The van der Waals surface area contributed by atoms with Gasteiger partial charge in [0.05, 0.1) is 12.6 Å². The summed E-state index contributed by atoms with van der Waals surface area (Å²) >= 11 is 1.69. The third kappa shape index (κ3) is 5.41. The maximum Gasteiger partial charge on any atom is 0.234 e. The second-order valence-electron chi connectivity index (χ2n) is 5.83. The van der Waals surface area contributed by atoms with Gasteiger partial charge in [-0.15, -0.1) is 11.3 Å². The molecule has 0 aliphatic carbocycles. The van der Waals surface area contributed by atoms with Gasteiger partial charge in [0.25, 0.3) is 0 Å². The average molecular weight is 309 g/mol. The number of likely N-dealkylation sites (tertiary alicyclic amines) is 1. The Hall–Kier alpha value is -0.910. The highest BCUT2D eigenvalue weighted by Crippen LogP contribution is 2.19. The summed E-state index contributed by atoms with van der Waals surface area (Å²) in [5, 5.41) is 8.56. The van der Waals surface area contributed by atoms with Crippen molar-refractivity contribution in [3.05, 3.63) is 22.4 Å². The van der Waals surface area contributed by atoms with E-state index in [1.807, 2.05) is 18.4 Å². The van der Waals surface area contributed by atoms with E-state index in [9.17, 15) is 4.79 Å². The van der Waals surface area contributed by atoms with Crippen LogP contribution in [0.15, 0.2) is 17.5 Å². The van der Waals surface area contributed by atoms with Crippen LogP contribution in [0.4, 0.5) is 0 Å². The Labute approximate surface area is 131 Å². The van der Waals surface area contributed by atoms with Crippen LogP contribution < -0.4 is 10.6 Å². The molecule has 2 rings (SSSR count). The number of nitrogens with zero attached hydrogens (tertiary/aromatic N) is 1. The van der Waals surface area contributed by atoms with Crippen LogP contribution in [0.25, 0.3) is 0 Å². The predicted molar refractivity (Wildman–Crippen MR) is 88.6 cm³/mol. The smallest absolute Gasteiger partial charge is 0.234 e. The van der Waals surface area contributed by atoms with Gasteiger partial charge in [0, 0.05) is 4.88 Å². The Kier molecular flexibility index (Phi) is 6.67. The number of thiophene rings is 1. The molecule has 21 heavy (non-hydrogen) atoms. The molecule has 1 fully saturated rings. The number of nitrogens with one attached hydrogen (secondary N) is 2. The molecule has 5 heteroatoms. The lowest BCUT2D eigenvalue weighted by Crippen LogP contribution is -2.43. The third-order valence-electron chi connectivity index (χ3n) is 4.10. The summed E-state index contributed by atoms with van der Waals surface area (Å²) in [5.41, 5.74) is 0. The van der Waals surface area contributed by atoms with Crippen LogP contribution in [-0.4, -0.2) is 43.5 Å². The molecule has 1 aromatic rings. The highest BCUT2D eigenvalue weighted by Gasteiger charge is 2.21. The molecular formula is C16H27N3OS. The number of hydrogen-bond donors (Lipinski definition) is 2. The first-order valence-electron chi connectivity index (χ1n) is 7.95. The zero-order valence-electron chi connectivity index (χ0n) is 13.1. The summed E-state index contributed by atoms with van der Waals surface area (Å²) < 4.78 is 0. The molecule has 0 spiro atoms. The Morgan fingerprint density at radius 2 is 2.24 bits per heavy atom. The first-order valence-corrected chi connectivity index (χ1v) is 8.82. The molecule has 2 heterocycles. The summed E-state index contributed by atoms with van der Waals surface area (Å²) in [6.07, 6.45) is 2.39. The fraction of sp³-hybridized carbons (Fsp3) is 0.688. The quantitative estimate of drug-likeness (QED) is 0.812. The second kappa shape index (κ2) is 8.51. The summed E-state index contributed by atoms with van der Waals surface area (Å²) in [7, 11) is 0. The fourth-order valence-corrected chi connectivity index (χ4v) is 3.53. The molecule has 1 amide bonds. The highest BCUT2D eigenvalue weighted by atomic mass is 32.1. The van der Waals surface area contributed by atoms with E-state index in [4.69, 9.17) is 0 Å². The van der Waals surface area contributed by atoms with Crippen molar-refractivity contribution in [3.63, 3.8) is 0 Å². The van der Waals surface area contributed by atoms with Crippen LogP contribution in [-0.2, 0) is 4.79 Å². The molecule has 1 aromatic heterocycles. The van der Waals surface area contributed by atoms with Crippen LogP contribution in [0.5, 0.6) is 0 Å². The summed E-state index contributed by atoms with van der Waals surface area (Å²) in [5.74, 6) is 0.912. The average Bonchev–Trinajstić information content (AvgIpc) is 3.01. The molecule has 1 unspecified atom stereocenters. The standard InChI is InChI=1S/C16H27N3OS/c1-3-17-11-14-6-8-19(9-7-14)12-16(20)18-13(2)15-5-4-10-21-15/h4-5,10,13-14,17H,3,6-9,11-12H2,1-2H3,(H,18,20). The molecular weight excluding hydrogens is 282 g/mol. The van der Waals surface area contributed by atoms with Gasteiger partial charge in [0.2, 0.25) is 5.91 Å². The van der Waals surface area contributed by atoms with Crippen LogP contribution in [0.2, 0.25) is 0 Å². The van der Waals surface area contributed by atoms with Gasteiger partial charge in [-0.3, -0.25) is 9.69 Å². The van der Waals surface area contributed by atoms with Gasteiger partial charge >= 0.3 is 0 Å². The van der Waals surface area contributed by atoms with E-state index in [-0.39, 0.29) is 11.9 Å². The van der Waals surface area contributed by atoms with E-state index in [1.165, 1.54) is 17.7 Å². The maximum absolute atomic E-state index is 12.1. The SMILES string of the molecule is CCNCC1CCN(CC(=O)NC(C)c2cccs2)CC1. The molecule has 4 nitrogen and oxygen atoms in total. The van der Waals surface area contributed by atoms with E-state index < -0.39 is 0 Å².